The third kappa shape index (κ3) is 2.27. The van der Waals surface area contributed by atoms with E-state index in [1.54, 1.807) is 0 Å². The van der Waals surface area contributed by atoms with Gasteiger partial charge < -0.3 is 10.2 Å². The fraction of sp³-hybridized carbons (Fsp3) is 0.533. The van der Waals surface area contributed by atoms with Gasteiger partial charge in [-0.2, -0.15) is 0 Å². The highest BCUT2D eigenvalue weighted by Gasteiger charge is 2.25. The molecular weight excluding hydrogens is 224 g/mol. The molecule has 18 heavy (non-hydrogen) atoms. The van der Waals surface area contributed by atoms with Crippen molar-refractivity contribution in [2.45, 2.75) is 31.7 Å². The van der Waals surface area contributed by atoms with E-state index >= 15 is 0 Å². The van der Waals surface area contributed by atoms with Crippen LogP contribution in [0.5, 0.6) is 0 Å². The molecule has 1 aromatic carbocycles. The number of carbonyl (C=O) groups is 1. The van der Waals surface area contributed by atoms with Gasteiger partial charge in [0.2, 0.25) is 5.91 Å². The zero-order valence-corrected chi connectivity index (χ0v) is 10.7. The van der Waals surface area contributed by atoms with Gasteiger partial charge in [0.25, 0.3) is 0 Å². The molecule has 1 unspecified atom stereocenters. The number of nitrogens with one attached hydrogen (secondary N) is 1. The Hall–Kier alpha value is -1.35. The van der Waals surface area contributed by atoms with E-state index < -0.39 is 0 Å². The second-order valence-corrected chi connectivity index (χ2v) is 5.25. The van der Waals surface area contributed by atoms with Gasteiger partial charge in [0.15, 0.2) is 0 Å². The molecule has 1 saturated heterocycles. The molecule has 0 aromatic heterocycles. The first-order valence-corrected chi connectivity index (χ1v) is 6.93. The molecule has 3 rings (SSSR count). The third-order valence-electron chi connectivity index (χ3n) is 4.05. The van der Waals surface area contributed by atoms with Crippen molar-refractivity contribution < 1.29 is 4.79 Å². The van der Waals surface area contributed by atoms with Crippen molar-refractivity contribution in [3.63, 3.8) is 0 Å². The predicted octanol–water partition coefficient (Wildman–Crippen LogP) is 1.89. The molecule has 3 nitrogen and oxygen atoms in total. The minimum Gasteiger partial charge on any atom is -0.343 e. The van der Waals surface area contributed by atoms with Crippen LogP contribution in [-0.4, -0.2) is 30.4 Å². The minimum atomic E-state index is 0.211. The average Bonchev–Trinajstić information content (AvgIpc) is 2.93. The van der Waals surface area contributed by atoms with E-state index in [4.69, 9.17) is 0 Å². The quantitative estimate of drug-likeness (QED) is 0.861. The Balaban J connectivity index is 1.72. The second kappa shape index (κ2) is 5.11. The summed E-state index contributed by atoms with van der Waals surface area (Å²) in [6.45, 7) is 2.88. The van der Waals surface area contributed by atoms with Crippen LogP contribution in [0.25, 0.3) is 0 Å². The van der Waals surface area contributed by atoms with Crippen LogP contribution in [0.1, 0.15) is 36.4 Å². The first kappa shape index (κ1) is 11.7. The number of benzene rings is 1. The molecule has 1 N–H and O–H groups in total. The van der Waals surface area contributed by atoms with Gasteiger partial charge >= 0.3 is 0 Å². The Kier molecular flexibility index (Phi) is 3.33. The molecule has 1 aromatic rings. The first-order chi connectivity index (χ1) is 8.84. The van der Waals surface area contributed by atoms with Crippen LogP contribution in [0.4, 0.5) is 0 Å². The van der Waals surface area contributed by atoms with Crippen LogP contribution in [0.15, 0.2) is 24.3 Å². The minimum absolute atomic E-state index is 0.211. The van der Waals surface area contributed by atoms with E-state index in [9.17, 15) is 4.79 Å². The lowest BCUT2D eigenvalue weighted by Crippen LogP contribution is -2.36. The van der Waals surface area contributed by atoms with Crippen molar-refractivity contribution >= 4 is 5.91 Å². The molecule has 0 bridgehead atoms. The van der Waals surface area contributed by atoms with Crippen LogP contribution in [0.2, 0.25) is 0 Å². The van der Waals surface area contributed by atoms with Crippen molar-refractivity contribution in [1.29, 1.82) is 0 Å². The monoisotopic (exact) mass is 244 g/mol. The maximum Gasteiger partial charge on any atom is 0.224 e. The van der Waals surface area contributed by atoms with Crippen LogP contribution in [0.3, 0.4) is 0 Å². The Morgan fingerprint density at radius 1 is 1.28 bits per heavy atom. The molecule has 2 aliphatic heterocycles. The molecule has 0 radical (unpaired) electrons. The summed E-state index contributed by atoms with van der Waals surface area (Å²) in [5.41, 5.74) is 2.71. The second-order valence-electron chi connectivity index (χ2n) is 5.25. The predicted molar refractivity (Wildman–Crippen MR) is 71.3 cm³/mol. The Labute approximate surface area is 108 Å². The Morgan fingerprint density at radius 3 is 2.89 bits per heavy atom. The summed E-state index contributed by atoms with van der Waals surface area (Å²) in [6, 6.07) is 8.71. The molecule has 1 atom stereocenters. The lowest BCUT2D eigenvalue weighted by molar-refractivity contribution is -0.130. The molecule has 1 amide bonds. The molecule has 1 fully saturated rings. The first-order valence-electron chi connectivity index (χ1n) is 6.93. The number of nitrogens with zero attached hydrogens (tertiary/aromatic N) is 1. The number of fused-ring (bicyclic) bond motifs is 1. The van der Waals surface area contributed by atoms with Gasteiger partial charge in [0, 0.05) is 25.6 Å². The lowest BCUT2D eigenvalue weighted by atomic mass is 9.92. The summed E-state index contributed by atoms with van der Waals surface area (Å²) in [4.78, 5) is 14.2. The number of likely N-dealkylation sites (tertiary alicyclic amines) is 1. The van der Waals surface area contributed by atoms with E-state index in [-0.39, 0.29) is 6.04 Å². The van der Waals surface area contributed by atoms with E-state index in [1.165, 1.54) is 24.0 Å². The molecule has 2 heterocycles. The van der Waals surface area contributed by atoms with Crippen LogP contribution in [0, 0.1) is 0 Å². The van der Waals surface area contributed by atoms with Gasteiger partial charge in [-0.15, -0.1) is 0 Å². The summed E-state index contributed by atoms with van der Waals surface area (Å²) < 4.78 is 0. The summed E-state index contributed by atoms with van der Waals surface area (Å²) in [5.74, 6) is 0.307. The number of amides is 1. The molecule has 0 spiro atoms. The summed E-state index contributed by atoms with van der Waals surface area (Å²) in [5, 5.41) is 3.48. The highest BCUT2D eigenvalue weighted by atomic mass is 16.2. The van der Waals surface area contributed by atoms with Gasteiger partial charge in [0.1, 0.15) is 0 Å². The zero-order valence-electron chi connectivity index (χ0n) is 10.7. The number of hydrogen-bond donors (Lipinski definition) is 1. The van der Waals surface area contributed by atoms with Crippen LogP contribution >= 0.6 is 0 Å². The van der Waals surface area contributed by atoms with Gasteiger partial charge in [0.05, 0.1) is 0 Å². The van der Waals surface area contributed by atoms with Crippen molar-refractivity contribution in [2.75, 3.05) is 19.6 Å². The van der Waals surface area contributed by atoms with Gasteiger partial charge in [-0.25, -0.2) is 0 Å². The molecule has 96 valence electrons. The molecule has 0 aliphatic carbocycles. The Morgan fingerprint density at radius 2 is 2.06 bits per heavy atom. The van der Waals surface area contributed by atoms with Crippen LogP contribution in [-0.2, 0) is 11.2 Å². The standard InChI is InChI=1S/C15H20N2O/c18-15(17-9-3-4-10-17)11-14-13-6-2-1-5-12(13)7-8-16-14/h1-2,5-6,14,16H,3-4,7-11H2. The van der Waals surface area contributed by atoms with Gasteiger partial charge in [-0.1, -0.05) is 24.3 Å². The van der Waals surface area contributed by atoms with Crippen molar-refractivity contribution in [1.82, 2.24) is 10.2 Å². The molecule has 0 saturated carbocycles. The normalized spacial score (nSPS) is 22.9. The average molecular weight is 244 g/mol. The molecule has 3 heteroatoms. The topological polar surface area (TPSA) is 32.3 Å². The maximum atomic E-state index is 12.2. The van der Waals surface area contributed by atoms with E-state index in [0.717, 1.165) is 26.1 Å². The summed E-state index contributed by atoms with van der Waals surface area (Å²) in [7, 11) is 0. The van der Waals surface area contributed by atoms with E-state index in [0.29, 0.717) is 12.3 Å². The smallest absolute Gasteiger partial charge is 0.224 e. The van der Waals surface area contributed by atoms with Crippen molar-refractivity contribution in [3.8, 4) is 0 Å². The summed E-state index contributed by atoms with van der Waals surface area (Å²) >= 11 is 0. The summed E-state index contributed by atoms with van der Waals surface area (Å²) in [6.07, 6.45) is 4.02. The Bertz CT molecular complexity index is 438. The lowest BCUT2D eigenvalue weighted by Gasteiger charge is -2.28. The third-order valence-corrected chi connectivity index (χ3v) is 4.05. The van der Waals surface area contributed by atoms with E-state index in [1.807, 2.05) is 4.90 Å². The number of rotatable bonds is 2. The van der Waals surface area contributed by atoms with Gasteiger partial charge in [-0.3, -0.25) is 4.79 Å². The molecule has 2 aliphatic rings. The fourth-order valence-electron chi connectivity index (χ4n) is 3.05. The number of hydrogen-bond acceptors (Lipinski definition) is 2. The highest BCUT2D eigenvalue weighted by Crippen LogP contribution is 2.26. The highest BCUT2D eigenvalue weighted by molar-refractivity contribution is 5.77. The fourth-order valence-corrected chi connectivity index (χ4v) is 3.05. The van der Waals surface area contributed by atoms with Crippen molar-refractivity contribution in [2.24, 2.45) is 0 Å². The largest absolute Gasteiger partial charge is 0.343 e. The molecular formula is C15H20N2O. The maximum absolute atomic E-state index is 12.2. The SMILES string of the molecule is O=C(CC1NCCc2ccccc21)N1CCCC1. The van der Waals surface area contributed by atoms with E-state index in [2.05, 4.69) is 29.6 Å². The van der Waals surface area contributed by atoms with Crippen LogP contribution < -0.4 is 5.32 Å². The van der Waals surface area contributed by atoms with Crippen molar-refractivity contribution in [3.05, 3.63) is 35.4 Å². The number of carbonyl (C=O) groups excluding carboxylic acids is 1. The zero-order chi connectivity index (χ0) is 12.4. The van der Waals surface area contributed by atoms with Gasteiger partial charge in [-0.05, 0) is 36.9 Å².